The van der Waals surface area contributed by atoms with Crippen LogP contribution in [0.25, 0.3) is 6.08 Å². The normalized spacial score (nSPS) is 12.4. The Hall–Kier alpha value is -2.35. The van der Waals surface area contributed by atoms with Gasteiger partial charge in [-0.2, -0.15) is 11.8 Å². The van der Waals surface area contributed by atoms with Gasteiger partial charge in [-0.25, -0.2) is 4.39 Å². The summed E-state index contributed by atoms with van der Waals surface area (Å²) in [6, 6.07) is 4.09. The summed E-state index contributed by atoms with van der Waals surface area (Å²) in [7, 11) is 0. The SMILES string of the molecule is CSCC[C@H](NC(=O)/C(=C\c1ccc(F)cc1)NC(C)=O)C(=O)[O-]. The summed E-state index contributed by atoms with van der Waals surface area (Å²) in [5.74, 6) is -2.57. The van der Waals surface area contributed by atoms with Crippen LogP contribution in [0.5, 0.6) is 0 Å². The second-order valence-electron chi connectivity index (χ2n) is 4.92. The number of benzene rings is 1. The lowest BCUT2D eigenvalue weighted by atomic mass is 10.1. The van der Waals surface area contributed by atoms with Crippen LogP contribution in [0, 0.1) is 5.82 Å². The van der Waals surface area contributed by atoms with E-state index >= 15 is 0 Å². The molecule has 0 saturated carbocycles. The van der Waals surface area contributed by atoms with Crippen LogP contribution in [0.3, 0.4) is 0 Å². The fourth-order valence-corrected chi connectivity index (χ4v) is 2.27. The fraction of sp³-hybridized carbons (Fsp3) is 0.312. The van der Waals surface area contributed by atoms with E-state index in [4.69, 9.17) is 0 Å². The number of carbonyl (C=O) groups is 3. The van der Waals surface area contributed by atoms with E-state index in [2.05, 4.69) is 10.6 Å². The first kappa shape index (κ1) is 19.7. The van der Waals surface area contributed by atoms with Crippen LogP contribution in [-0.4, -0.2) is 35.8 Å². The molecule has 1 aromatic carbocycles. The molecule has 2 N–H and O–H groups in total. The monoisotopic (exact) mass is 353 g/mol. The highest BCUT2D eigenvalue weighted by molar-refractivity contribution is 7.98. The van der Waals surface area contributed by atoms with Crippen LogP contribution in [0.2, 0.25) is 0 Å². The van der Waals surface area contributed by atoms with Crippen LogP contribution in [-0.2, 0) is 14.4 Å². The first-order chi connectivity index (χ1) is 11.3. The number of nitrogens with one attached hydrogen (secondary N) is 2. The van der Waals surface area contributed by atoms with E-state index < -0.39 is 29.6 Å². The summed E-state index contributed by atoms with van der Waals surface area (Å²) in [4.78, 5) is 34.6. The number of rotatable bonds is 8. The summed E-state index contributed by atoms with van der Waals surface area (Å²) < 4.78 is 12.9. The van der Waals surface area contributed by atoms with Gasteiger partial charge in [0.2, 0.25) is 5.91 Å². The van der Waals surface area contributed by atoms with E-state index in [-0.39, 0.29) is 12.1 Å². The number of carboxylic acid groups (broad SMARTS) is 1. The molecule has 0 unspecified atom stereocenters. The maximum absolute atomic E-state index is 12.9. The molecule has 0 aliphatic heterocycles. The van der Waals surface area contributed by atoms with E-state index in [9.17, 15) is 23.9 Å². The number of aliphatic carboxylic acids is 1. The van der Waals surface area contributed by atoms with Crippen molar-refractivity contribution in [1.82, 2.24) is 10.6 Å². The zero-order valence-electron chi connectivity index (χ0n) is 13.3. The first-order valence-corrected chi connectivity index (χ1v) is 8.48. The fourth-order valence-electron chi connectivity index (χ4n) is 1.79. The third-order valence-corrected chi connectivity index (χ3v) is 3.58. The molecule has 0 radical (unpaired) electrons. The number of carboxylic acids is 1. The van der Waals surface area contributed by atoms with Gasteiger partial charge in [0, 0.05) is 6.92 Å². The lowest BCUT2D eigenvalue weighted by Crippen LogP contribution is -2.49. The molecule has 0 heterocycles. The predicted octanol–water partition coefficient (Wildman–Crippen LogP) is 0.290. The molecule has 130 valence electrons. The van der Waals surface area contributed by atoms with Gasteiger partial charge in [-0.05, 0) is 42.2 Å². The van der Waals surface area contributed by atoms with Crippen molar-refractivity contribution in [2.75, 3.05) is 12.0 Å². The summed E-state index contributed by atoms with van der Waals surface area (Å²) in [6.07, 6.45) is 3.33. The lowest BCUT2D eigenvalue weighted by molar-refractivity contribution is -0.308. The first-order valence-electron chi connectivity index (χ1n) is 7.09. The van der Waals surface area contributed by atoms with Gasteiger partial charge < -0.3 is 20.5 Å². The van der Waals surface area contributed by atoms with Gasteiger partial charge in [-0.1, -0.05) is 12.1 Å². The van der Waals surface area contributed by atoms with Crippen molar-refractivity contribution >= 4 is 35.6 Å². The molecule has 24 heavy (non-hydrogen) atoms. The summed E-state index contributed by atoms with van der Waals surface area (Å²) in [6.45, 7) is 1.22. The van der Waals surface area contributed by atoms with Crippen molar-refractivity contribution in [2.45, 2.75) is 19.4 Å². The molecule has 0 aromatic heterocycles. The van der Waals surface area contributed by atoms with Gasteiger partial charge in [-0.3, -0.25) is 9.59 Å². The third-order valence-electron chi connectivity index (χ3n) is 2.94. The Kier molecular flexibility index (Phi) is 7.97. The van der Waals surface area contributed by atoms with E-state index in [1.807, 2.05) is 6.26 Å². The number of halogens is 1. The van der Waals surface area contributed by atoms with Crippen molar-refractivity contribution in [3.63, 3.8) is 0 Å². The van der Waals surface area contributed by atoms with Crippen LogP contribution < -0.4 is 15.7 Å². The molecule has 0 aliphatic rings. The second kappa shape index (κ2) is 9.71. The highest BCUT2D eigenvalue weighted by Gasteiger charge is 2.17. The average Bonchev–Trinajstić information content (AvgIpc) is 2.52. The minimum atomic E-state index is -1.40. The summed E-state index contributed by atoms with van der Waals surface area (Å²) >= 11 is 1.44. The number of thioether (sulfide) groups is 1. The van der Waals surface area contributed by atoms with Crippen LogP contribution >= 0.6 is 11.8 Å². The Morgan fingerprint density at radius 2 is 1.92 bits per heavy atom. The molecule has 6 nitrogen and oxygen atoms in total. The van der Waals surface area contributed by atoms with E-state index in [0.29, 0.717) is 11.3 Å². The van der Waals surface area contributed by atoms with Crippen LogP contribution in [0.1, 0.15) is 18.9 Å². The average molecular weight is 353 g/mol. The van der Waals surface area contributed by atoms with Crippen molar-refractivity contribution in [2.24, 2.45) is 0 Å². The Morgan fingerprint density at radius 3 is 2.42 bits per heavy atom. The van der Waals surface area contributed by atoms with Crippen molar-refractivity contribution in [3.05, 3.63) is 41.3 Å². The quantitative estimate of drug-likeness (QED) is 0.655. The van der Waals surface area contributed by atoms with Crippen molar-refractivity contribution in [3.8, 4) is 0 Å². The predicted molar refractivity (Wildman–Crippen MR) is 88.1 cm³/mol. The molecule has 1 rings (SSSR count). The number of hydrogen-bond donors (Lipinski definition) is 2. The van der Waals surface area contributed by atoms with Gasteiger partial charge in [0.1, 0.15) is 11.5 Å². The van der Waals surface area contributed by atoms with Gasteiger partial charge >= 0.3 is 0 Å². The van der Waals surface area contributed by atoms with E-state index in [0.717, 1.165) is 0 Å². The Bertz CT molecular complexity index is 631. The molecule has 1 atom stereocenters. The number of carbonyl (C=O) groups excluding carboxylic acids is 3. The maximum atomic E-state index is 12.9. The standard InChI is InChI=1S/C16H19FN2O4S/c1-10(20)18-14(9-11-3-5-12(17)6-4-11)15(21)19-13(16(22)23)7-8-24-2/h3-6,9,13H,7-8H2,1-2H3,(H,18,20)(H,19,21)(H,22,23)/p-1/b14-9+/t13-/m0/s1. The molecule has 1 aromatic rings. The zero-order chi connectivity index (χ0) is 18.1. The highest BCUT2D eigenvalue weighted by Crippen LogP contribution is 2.08. The topological polar surface area (TPSA) is 98.3 Å². The molecule has 8 heteroatoms. The molecule has 0 aliphatic carbocycles. The maximum Gasteiger partial charge on any atom is 0.268 e. The largest absolute Gasteiger partial charge is 0.548 e. The Labute approximate surface area is 143 Å². The highest BCUT2D eigenvalue weighted by atomic mass is 32.2. The number of amides is 2. The molecule has 0 saturated heterocycles. The second-order valence-corrected chi connectivity index (χ2v) is 5.90. The molecule has 0 bridgehead atoms. The summed E-state index contributed by atoms with van der Waals surface area (Å²) in [5.41, 5.74) is 0.342. The van der Waals surface area contributed by atoms with Gasteiger partial charge in [0.25, 0.3) is 5.91 Å². The van der Waals surface area contributed by atoms with Gasteiger partial charge in [0.05, 0.1) is 12.0 Å². The minimum Gasteiger partial charge on any atom is -0.548 e. The van der Waals surface area contributed by atoms with Crippen molar-refractivity contribution < 1.29 is 23.9 Å². The van der Waals surface area contributed by atoms with E-state index in [1.165, 1.54) is 49.0 Å². The van der Waals surface area contributed by atoms with Gasteiger partial charge in [-0.15, -0.1) is 0 Å². The molecule has 2 amide bonds. The zero-order valence-corrected chi connectivity index (χ0v) is 14.1. The molecular weight excluding hydrogens is 335 g/mol. The van der Waals surface area contributed by atoms with Crippen molar-refractivity contribution in [1.29, 1.82) is 0 Å². The molecule has 0 fully saturated rings. The molecule has 0 spiro atoms. The third kappa shape index (κ3) is 6.82. The van der Waals surface area contributed by atoms with E-state index in [1.54, 1.807) is 0 Å². The Morgan fingerprint density at radius 1 is 1.29 bits per heavy atom. The number of hydrogen-bond acceptors (Lipinski definition) is 5. The molecular formula is C16H18FN2O4S-. The lowest BCUT2D eigenvalue weighted by Gasteiger charge is -2.20. The van der Waals surface area contributed by atoms with Gasteiger partial charge in [0.15, 0.2) is 0 Å². The van der Waals surface area contributed by atoms with Crippen LogP contribution in [0.4, 0.5) is 4.39 Å². The minimum absolute atomic E-state index is 0.135. The Balaban J connectivity index is 2.97. The smallest absolute Gasteiger partial charge is 0.268 e. The van der Waals surface area contributed by atoms with Crippen LogP contribution in [0.15, 0.2) is 30.0 Å². The summed E-state index contributed by atoms with van der Waals surface area (Å²) in [5, 5.41) is 15.8.